The van der Waals surface area contributed by atoms with E-state index in [1.165, 1.54) is 0 Å². The minimum absolute atomic E-state index is 0.137. The number of aromatic nitrogens is 1. The Kier molecular flexibility index (Phi) is 3.76. The number of nitrogens with two attached hydrogens (primary N) is 1. The summed E-state index contributed by atoms with van der Waals surface area (Å²) in [6.07, 6.45) is 1.74. The number of rotatable bonds is 3. The molecule has 0 spiro atoms. The third-order valence-electron chi connectivity index (χ3n) is 2.91. The summed E-state index contributed by atoms with van der Waals surface area (Å²) in [6.45, 7) is 3.96. The molecule has 0 atom stereocenters. The van der Waals surface area contributed by atoms with Gasteiger partial charge in [0, 0.05) is 17.9 Å². The van der Waals surface area contributed by atoms with Crippen molar-refractivity contribution in [2.45, 2.75) is 19.9 Å². The number of anilines is 2. The topological polar surface area (TPSA) is 83.8 Å². The lowest BCUT2D eigenvalue weighted by Crippen LogP contribution is -2.17. The summed E-state index contributed by atoms with van der Waals surface area (Å²) in [7, 11) is 0. The zero-order valence-electron chi connectivity index (χ0n) is 11.4. The number of carbonyl (C=O) groups excluding carboxylic acids is 1. The van der Waals surface area contributed by atoms with Crippen molar-refractivity contribution < 1.29 is 4.79 Å². The van der Waals surface area contributed by atoms with Gasteiger partial charge in [-0.3, -0.25) is 4.79 Å². The molecule has 1 heterocycles. The Morgan fingerprint density at radius 3 is 2.80 bits per heavy atom. The number of nitriles is 1. The number of benzene rings is 1. The number of nitrogens with zero attached hydrogens (tertiary/aromatic N) is 2. The Balaban J connectivity index is 2.26. The summed E-state index contributed by atoms with van der Waals surface area (Å²) in [5.74, 6) is -0.245. The van der Waals surface area contributed by atoms with Gasteiger partial charge in [-0.1, -0.05) is 6.07 Å². The van der Waals surface area contributed by atoms with Crippen molar-refractivity contribution in [1.82, 2.24) is 4.57 Å². The molecule has 0 radical (unpaired) electrons. The van der Waals surface area contributed by atoms with Crippen molar-refractivity contribution in [1.29, 1.82) is 5.26 Å². The van der Waals surface area contributed by atoms with Gasteiger partial charge < -0.3 is 15.6 Å². The van der Waals surface area contributed by atoms with Gasteiger partial charge in [-0.05, 0) is 38.1 Å². The molecule has 0 bridgehead atoms. The van der Waals surface area contributed by atoms with Crippen LogP contribution in [0.5, 0.6) is 0 Å². The van der Waals surface area contributed by atoms with Crippen molar-refractivity contribution in [2.24, 2.45) is 0 Å². The first-order valence-corrected chi connectivity index (χ1v) is 6.30. The molecular formula is C15H16N4O. The zero-order valence-corrected chi connectivity index (χ0v) is 11.4. The van der Waals surface area contributed by atoms with Crippen LogP contribution in [0.4, 0.5) is 11.4 Å². The van der Waals surface area contributed by atoms with E-state index in [1.54, 1.807) is 36.5 Å². The Hall–Kier alpha value is -2.74. The lowest BCUT2D eigenvalue weighted by molar-refractivity contribution is 0.101. The van der Waals surface area contributed by atoms with Gasteiger partial charge in [0.2, 0.25) is 0 Å². The van der Waals surface area contributed by atoms with Crippen LogP contribution in [-0.4, -0.2) is 10.5 Å². The van der Waals surface area contributed by atoms with E-state index in [0.29, 0.717) is 22.6 Å². The van der Waals surface area contributed by atoms with Crippen molar-refractivity contribution in [2.75, 3.05) is 11.1 Å². The maximum absolute atomic E-state index is 12.3. The predicted molar refractivity (Wildman–Crippen MR) is 78.3 cm³/mol. The van der Waals surface area contributed by atoms with E-state index in [9.17, 15) is 4.79 Å². The first-order chi connectivity index (χ1) is 9.51. The molecule has 102 valence electrons. The smallest absolute Gasteiger partial charge is 0.272 e. The molecule has 0 saturated heterocycles. The van der Waals surface area contributed by atoms with Crippen LogP contribution in [-0.2, 0) is 0 Å². The molecule has 1 aromatic heterocycles. The quantitative estimate of drug-likeness (QED) is 0.897. The molecule has 20 heavy (non-hydrogen) atoms. The molecule has 1 amide bonds. The van der Waals surface area contributed by atoms with Gasteiger partial charge in [-0.25, -0.2) is 0 Å². The predicted octanol–water partition coefficient (Wildman–Crippen LogP) is 2.78. The number of amides is 1. The SMILES string of the molecule is CC(C)n1cc(N)cc1C(=O)Nc1cccc(C#N)c1. The van der Waals surface area contributed by atoms with Crippen molar-refractivity contribution in [3.63, 3.8) is 0 Å². The van der Waals surface area contributed by atoms with Crippen LogP contribution in [0.2, 0.25) is 0 Å². The molecule has 5 heteroatoms. The number of hydrogen-bond donors (Lipinski definition) is 2. The van der Waals surface area contributed by atoms with Gasteiger partial charge >= 0.3 is 0 Å². The monoisotopic (exact) mass is 268 g/mol. The highest BCUT2D eigenvalue weighted by atomic mass is 16.1. The Morgan fingerprint density at radius 1 is 1.40 bits per heavy atom. The number of nitrogen functional groups attached to an aromatic ring is 1. The normalized spacial score (nSPS) is 10.3. The third kappa shape index (κ3) is 2.81. The van der Waals surface area contributed by atoms with Crippen molar-refractivity contribution in [3.05, 3.63) is 47.8 Å². The summed E-state index contributed by atoms with van der Waals surface area (Å²) in [4.78, 5) is 12.3. The summed E-state index contributed by atoms with van der Waals surface area (Å²) < 4.78 is 1.82. The fraction of sp³-hybridized carbons (Fsp3) is 0.200. The van der Waals surface area contributed by atoms with Gasteiger partial charge in [0.1, 0.15) is 5.69 Å². The minimum Gasteiger partial charge on any atom is -0.397 e. The average Bonchev–Trinajstić information content (AvgIpc) is 2.81. The van der Waals surface area contributed by atoms with Crippen LogP contribution in [0, 0.1) is 11.3 Å². The van der Waals surface area contributed by atoms with E-state index >= 15 is 0 Å². The lowest BCUT2D eigenvalue weighted by Gasteiger charge is -2.12. The molecule has 2 aromatic rings. The standard InChI is InChI=1S/C15H16N4O/c1-10(2)19-9-12(17)7-14(19)15(20)18-13-5-3-4-11(6-13)8-16/h3-7,9-10H,17H2,1-2H3,(H,18,20). The van der Waals surface area contributed by atoms with E-state index in [0.717, 1.165) is 0 Å². The number of nitrogens with one attached hydrogen (secondary N) is 1. The Labute approximate surface area is 117 Å². The summed E-state index contributed by atoms with van der Waals surface area (Å²) in [6, 6.07) is 10.6. The van der Waals surface area contributed by atoms with Gasteiger partial charge in [0.05, 0.1) is 17.3 Å². The van der Waals surface area contributed by atoms with Gasteiger partial charge in [0.15, 0.2) is 0 Å². The third-order valence-corrected chi connectivity index (χ3v) is 2.91. The lowest BCUT2D eigenvalue weighted by atomic mass is 10.2. The fourth-order valence-electron chi connectivity index (χ4n) is 1.97. The van der Waals surface area contributed by atoms with E-state index < -0.39 is 0 Å². The molecule has 0 aliphatic carbocycles. The van der Waals surface area contributed by atoms with E-state index in [1.807, 2.05) is 24.5 Å². The molecule has 5 nitrogen and oxygen atoms in total. The first kappa shape index (κ1) is 13.7. The summed E-state index contributed by atoms with van der Waals surface area (Å²) in [5, 5.41) is 11.6. The molecule has 2 rings (SSSR count). The average molecular weight is 268 g/mol. The minimum atomic E-state index is -0.245. The van der Waals surface area contributed by atoms with E-state index in [2.05, 4.69) is 5.32 Å². The molecular weight excluding hydrogens is 252 g/mol. The number of hydrogen-bond acceptors (Lipinski definition) is 3. The van der Waals surface area contributed by atoms with Gasteiger partial charge in [-0.15, -0.1) is 0 Å². The van der Waals surface area contributed by atoms with Crippen molar-refractivity contribution in [3.8, 4) is 6.07 Å². The fourth-order valence-corrected chi connectivity index (χ4v) is 1.97. The molecule has 1 aromatic carbocycles. The largest absolute Gasteiger partial charge is 0.397 e. The van der Waals surface area contributed by atoms with Crippen LogP contribution in [0.1, 0.15) is 35.9 Å². The van der Waals surface area contributed by atoms with Crippen LogP contribution in [0.25, 0.3) is 0 Å². The van der Waals surface area contributed by atoms with Gasteiger partial charge in [0.25, 0.3) is 5.91 Å². The van der Waals surface area contributed by atoms with E-state index in [4.69, 9.17) is 11.0 Å². The van der Waals surface area contributed by atoms with Crippen LogP contribution in [0.3, 0.4) is 0 Å². The molecule has 0 saturated carbocycles. The van der Waals surface area contributed by atoms with Crippen LogP contribution < -0.4 is 11.1 Å². The van der Waals surface area contributed by atoms with Gasteiger partial charge in [-0.2, -0.15) is 5.26 Å². The Morgan fingerprint density at radius 2 is 2.15 bits per heavy atom. The molecule has 3 N–H and O–H groups in total. The highest BCUT2D eigenvalue weighted by Crippen LogP contribution is 2.18. The molecule has 0 aliphatic heterocycles. The van der Waals surface area contributed by atoms with Crippen LogP contribution >= 0.6 is 0 Å². The summed E-state index contributed by atoms with van der Waals surface area (Å²) in [5.41, 5.74) is 7.89. The number of carbonyl (C=O) groups is 1. The highest BCUT2D eigenvalue weighted by Gasteiger charge is 2.15. The van der Waals surface area contributed by atoms with E-state index in [-0.39, 0.29) is 11.9 Å². The Bertz CT molecular complexity index is 679. The first-order valence-electron chi connectivity index (χ1n) is 6.30. The molecule has 0 fully saturated rings. The maximum atomic E-state index is 12.3. The summed E-state index contributed by atoms with van der Waals surface area (Å²) >= 11 is 0. The van der Waals surface area contributed by atoms with Crippen LogP contribution in [0.15, 0.2) is 36.5 Å². The molecule has 0 aliphatic rings. The molecule has 0 unspecified atom stereocenters. The second-order valence-corrected chi connectivity index (χ2v) is 4.81. The second-order valence-electron chi connectivity index (χ2n) is 4.81. The maximum Gasteiger partial charge on any atom is 0.272 e. The van der Waals surface area contributed by atoms with Crippen molar-refractivity contribution >= 4 is 17.3 Å². The zero-order chi connectivity index (χ0) is 14.7. The highest BCUT2D eigenvalue weighted by molar-refractivity contribution is 6.04. The second kappa shape index (κ2) is 5.49.